The first-order valence-corrected chi connectivity index (χ1v) is 7.02. The third kappa shape index (κ3) is 4.93. The Bertz CT molecular complexity index is 427. The molecule has 3 heteroatoms. The lowest BCUT2D eigenvalue weighted by Gasteiger charge is -2.18. The van der Waals surface area contributed by atoms with Crippen LogP contribution in [0.1, 0.15) is 38.3 Å². The van der Waals surface area contributed by atoms with E-state index >= 15 is 0 Å². The second-order valence-corrected chi connectivity index (χ2v) is 5.59. The predicted octanol–water partition coefficient (Wildman–Crippen LogP) is 3.27. The second kappa shape index (κ2) is 7.17. The largest absolute Gasteiger partial charge is 0.374 e. The van der Waals surface area contributed by atoms with Crippen molar-refractivity contribution in [3.8, 4) is 0 Å². The van der Waals surface area contributed by atoms with Crippen molar-refractivity contribution in [2.45, 2.75) is 47.1 Å². The van der Waals surface area contributed by atoms with E-state index in [0.29, 0.717) is 5.92 Å². The number of aryl methyl sites for hydroxylation is 1. The van der Waals surface area contributed by atoms with Crippen molar-refractivity contribution in [1.82, 2.24) is 5.32 Å². The number of nitrogens with one attached hydrogen (secondary N) is 2. The summed E-state index contributed by atoms with van der Waals surface area (Å²) in [5.74, 6) is 0.670. The Morgan fingerprint density at radius 2 is 1.89 bits per heavy atom. The second-order valence-electron chi connectivity index (χ2n) is 5.59. The molecule has 19 heavy (non-hydrogen) atoms. The zero-order chi connectivity index (χ0) is 14.4. The fourth-order valence-corrected chi connectivity index (χ4v) is 1.84. The van der Waals surface area contributed by atoms with Crippen molar-refractivity contribution >= 4 is 11.6 Å². The number of carbonyl (C=O) groups excluding carboxylic acids is 1. The maximum atomic E-state index is 12.0. The highest BCUT2D eigenvalue weighted by Gasteiger charge is 2.13. The van der Waals surface area contributed by atoms with Gasteiger partial charge in [0.25, 0.3) is 0 Å². The number of hydrogen-bond donors (Lipinski definition) is 2. The summed E-state index contributed by atoms with van der Waals surface area (Å²) in [6, 6.07) is 5.88. The quantitative estimate of drug-likeness (QED) is 0.826. The molecule has 0 radical (unpaired) electrons. The lowest BCUT2D eigenvalue weighted by atomic mass is 10.1. The van der Waals surface area contributed by atoms with E-state index in [-0.39, 0.29) is 11.9 Å². The molecule has 0 saturated carbocycles. The van der Waals surface area contributed by atoms with Crippen LogP contribution < -0.4 is 10.6 Å². The molecule has 0 aliphatic heterocycles. The number of benzene rings is 1. The molecular formula is C16H26N2O. The average molecular weight is 262 g/mol. The van der Waals surface area contributed by atoms with Gasteiger partial charge in [-0.25, -0.2) is 0 Å². The van der Waals surface area contributed by atoms with Gasteiger partial charge in [0.2, 0.25) is 5.91 Å². The molecule has 0 aliphatic carbocycles. The number of carbonyl (C=O) groups is 1. The summed E-state index contributed by atoms with van der Waals surface area (Å²) in [7, 11) is 0. The Morgan fingerprint density at radius 1 is 1.21 bits per heavy atom. The molecule has 0 fully saturated rings. The fraction of sp³-hybridized carbons (Fsp3) is 0.562. The standard InChI is InChI=1S/C16H26N2O/c1-11(2)9-10-17-16(19)14(5)18-15-8-6-7-12(3)13(15)4/h6-8,11,14,18H,9-10H2,1-5H3,(H,17,19). The van der Waals surface area contributed by atoms with Gasteiger partial charge in [-0.3, -0.25) is 4.79 Å². The molecule has 3 nitrogen and oxygen atoms in total. The smallest absolute Gasteiger partial charge is 0.242 e. The molecule has 0 aliphatic rings. The Morgan fingerprint density at radius 3 is 2.53 bits per heavy atom. The zero-order valence-corrected chi connectivity index (χ0v) is 12.7. The number of amides is 1. The van der Waals surface area contributed by atoms with E-state index in [1.54, 1.807) is 0 Å². The van der Waals surface area contributed by atoms with Crippen molar-refractivity contribution in [1.29, 1.82) is 0 Å². The van der Waals surface area contributed by atoms with Crippen LogP contribution in [0.3, 0.4) is 0 Å². The lowest BCUT2D eigenvalue weighted by molar-refractivity contribution is -0.121. The number of anilines is 1. The molecule has 106 valence electrons. The van der Waals surface area contributed by atoms with Crippen LogP contribution in [0, 0.1) is 19.8 Å². The molecule has 2 N–H and O–H groups in total. The van der Waals surface area contributed by atoms with E-state index < -0.39 is 0 Å². The molecule has 1 rings (SSSR count). The highest BCUT2D eigenvalue weighted by Crippen LogP contribution is 2.18. The first kappa shape index (κ1) is 15.5. The fourth-order valence-electron chi connectivity index (χ4n) is 1.84. The van der Waals surface area contributed by atoms with Crippen LogP contribution in [0.4, 0.5) is 5.69 Å². The SMILES string of the molecule is Cc1cccc(NC(C)C(=O)NCCC(C)C)c1C. The minimum atomic E-state index is -0.215. The molecule has 1 atom stereocenters. The normalized spacial score (nSPS) is 12.3. The summed E-state index contributed by atoms with van der Waals surface area (Å²) < 4.78 is 0. The van der Waals surface area contributed by atoms with Crippen molar-refractivity contribution in [3.05, 3.63) is 29.3 Å². The van der Waals surface area contributed by atoms with Crippen LogP contribution in [0.15, 0.2) is 18.2 Å². The molecule has 1 aromatic rings. The highest BCUT2D eigenvalue weighted by molar-refractivity contribution is 5.84. The van der Waals surface area contributed by atoms with Gasteiger partial charge >= 0.3 is 0 Å². The van der Waals surface area contributed by atoms with Crippen LogP contribution in [0.2, 0.25) is 0 Å². The third-order valence-corrected chi connectivity index (χ3v) is 3.39. The predicted molar refractivity (Wildman–Crippen MR) is 81.5 cm³/mol. The monoisotopic (exact) mass is 262 g/mol. The van der Waals surface area contributed by atoms with Crippen LogP contribution in [-0.2, 0) is 4.79 Å². The molecule has 0 heterocycles. The maximum absolute atomic E-state index is 12.0. The van der Waals surface area contributed by atoms with Crippen molar-refractivity contribution in [2.24, 2.45) is 5.92 Å². The first-order valence-electron chi connectivity index (χ1n) is 7.02. The van der Waals surface area contributed by atoms with Gasteiger partial charge in [0.05, 0.1) is 0 Å². The van der Waals surface area contributed by atoms with E-state index in [4.69, 9.17) is 0 Å². The van der Waals surface area contributed by atoms with E-state index in [0.717, 1.165) is 18.7 Å². The molecule has 1 amide bonds. The molecule has 0 bridgehead atoms. The molecular weight excluding hydrogens is 236 g/mol. The van der Waals surface area contributed by atoms with E-state index in [1.165, 1.54) is 11.1 Å². The minimum Gasteiger partial charge on any atom is -0.374 e. The van der Waals surface area contributed by atoms with E-state index in [9.17, 15) is 4.79 Å². The zero-order valence-electron chi connectivity index (χ0n) is 12.7. The topological polar surface area (TPSA) is 41.1 Å². The van der Waals surface area contributed by atoms with Gasteiger partial charge in [-0.1, -0.05) is 26.0 Å². The van der Waals surface area contributed by atoms with Gasteiger partial charge in [-0.15, -0.1) is 0 Å². The summed E-state index contributed by atoms with van der Waals surface area (Å²) in [6.07, 6.45) is 1.02. The summed E-state index contributed by atoms with van der Waals surface area (Å²) in [5, 5.41) is 6.24. The van der Waals surface area contributed by atoms with Crippen molar-refractivity contribution in [3.63, 3.8) is 0 Å². The summed E-state index contributed by atoms with van der Waals surface area (Å²) >= 11 is 0. The van der Waals surface area contributed by atoms with Gasteiger partial charge < -0.3 is 10.6 Å². The summed E-state index contributed by atoms with van der Waals surface area (Å²) in [5.41, 5.74) is 3.47. The summed E-state index contributed by atoms with van der Waals surface area (Å²) in [6.45, 7) is 11.1. The molecule has 1 aromatic carbocycles. The maximum Gasteiger partial charge on any atom is 0.242 e. The first-order chi connectivity index (χ1) is 8.91. The summed E-state index contributed by atoms with van der Waals surface area (Å²) in [4.78, 5) is 12.0. The van der Waals surface area contributed by atoms with E-state index in [2.05, 4.69) is 44.4 Å². The van der Waals surface area contributed by atoms with Crippen molar-refractivity contribution < 1.29 is 4.79 Å². The van der Waals surface area contributed by atoms with Crippen molar-refractivity contribution in [2.75, 3.05) is 11.9 Å². The molecule has 0 aromatic heterocycles. The van der Waals surface area contributed by atoms with Crippen LogP contribution in [-0.4, -0.2) is 18.5 Å². The number of rotatable bonds is 6. The lowest BCUT2D eigenvalue weighted by Crippen LogP contribution is -2.38. The molecule has 0 spiro atoms. The Kier molecular flexibility index (Phi) is 5.87. The van der Waals surface area contributed by atoms with Crippen LogP contribution in [0.25, 0.3) is 0 Å². The Hall–Kier alpha value is -1.51. The number of hydrogen-bond acceptors (Lipinski definition) is 2. The molecule has 0 saturated heterocycles. The van der Waals surface area contributed by atoms with E-state index in [1.807, 2.05) is 19.1 Å². The van der Waals surface area contributed by atoms with Gasteiger partial charge in [0, 0.05) is 12.2 Å². The van der Waals surface area contributed by atoms with Gasteiger partial charge in [-0.05, 0) is 50.3 Å². The highest BCUT2D eigenvalue weighted by atomic mass is 16.2. The minimum absolute atomic E-state index is 0.0570. The Balaban J connectivity index is 2.52. The third-order valence-electron chi connectivity index (χ3n) is 3.39. The Labute approximate surface area is 116 Å². The van der Waals surface area contributed by atoms with Gasteiger partial charge in [0.15, 0.2) is 0 Å². The van der Waals surface area contributed by atoms with Gasteiger partial charge in [0.1, 0.15) is 6.04 Å². The van der Waals surface area contributed by atoms with Crippen LogP contribution in [0.5, 0.6) is 0 Å². The average Bonchev–Trinajstić information content (AvgIpc) is 2.34. The van der Waals surface area contributed by atoms with Crippen LogP contribution >= 0.6 is 0 Å². The molecule has 1 unspecified atom stereocenters. The van der Waals surface area contributed by atoms with Gasteiger partial charge in [-0.2, -0.15) is 0 Å².